The molecule has 0 radical (unpaired) electrons. The van der Waals surface area contributed by atoms with Crippen molar-refractivity contribution < 1.29 is 14.4 Å². The Hall–Kier alpha value is -3.18. The average Bonchev–Trinajstić information content (AvgIpc) is 3.68. The van der Waals surface area contributed by atoms with Gasteiger partial charge in [0.05, 0.1) is 22.5 Å². The highest BCUT2D eigenvalue weighted by Gasteiger charge is 2.56. The van der Waals surface area contributed by atoms with Gasteiger partial charge in [-0.25, -0.2) is 9.91 Å². The zero-order valence-corrected chi connectivity index (χ0v) is 28.6. The van der Waals surface area contributed by atoms with Crippen molar-refractivity contribution in [3.05, 3.63) is 101 Å². The minimum absolute atomic E-state index is 0.126. The number of nitrogens with zero attached hydrogens (tertiary/aromatic N) is 6. The third kappa shape index (κ3) is 5.81. The van der Waals surface area contributed by atoms with Crippen molar-refractivity contribution in [1.82, 2.24) is 10.0 Å². The fourth-order valence-corrected chi connectivity index (χ4v) is 8.00. The predicted octanol–water partition coefficient (Wildman–Crippen LogP) is 8.72. The first-order valence-electron chi connectivity index (χ1n) is 14.5. The minimum Gasteiger partial charge on any atom is -0.271 e. The minimum atomic E-state index is -1.13. The molecule has 3 aromatic rings. The van der Waals surface area contributed by atoms with Gasteiger partial charge in [-0.2, -0.15) is 10.2 Å². The van der Waals surface area contributed by atoms with Gasteiger partial charge in [-0.1, -0.05) is 87.0 Å². The van der Waals surface area contributed by atoms with Crippen molar-refractivity contribution in [1.29, 1.82) is 0 Å². The van der Waals surface area contributed by atoms with E-state index >= 15 is 0 Å². The lowest BCUT2D eigenvalue weighted by Gasteiger charge is -2.31. The topological polar surface area (TPSA) is 98.0 Å². The second kappa shape index (κ2) is 12.7. The van der Waals surface area contributed by atoms with Gasteiger partial charge in [0.1, 0.15) is 6.54 Å². The Morgan fingerprint density at radius 3 is 2.21 bits per heavy atom. The Balaban J connectivity index is 1.21. The van der Waals surface area contributed by atoms with Gasteiger partial charge in [0.2, 0.25) is 0 Å². The van der Waals surface area contributed by atoms with Crippen LogP contribution in [0.2, 0.25) is 30.1 Å². The quantitative estimate of drug-likeness (QED) is 0.244. The third-order valence-corrected chi connectivity index (χ3v) is 10.3. The normalized spacial score (nSPS) is 24.3. The molecule has 7 rings (SSSR count). The van der Waals surface area contributed by atoms with Gasteiger partial charge >= 0.3 is 0 Å². The van der Waals surface area contributed by atoms with E-state index < -0.39 is 35.8 Å². The molecule has 9 nitrogen and oxygen atoms in total. The lowest BCUT2D eigenvalue weighted by Crippen LogP contribution is -2.45. The number of benzene rings is 3. The first kappa shape index (κ1) is 32.4. The van der Waals surface area contributed by atoms with Crippen molar-refractivity contribution in [2.24, 2.45) is 21.4 Å². The number of allylic oxidation sites excluding steroid dienone is 1. The van der Waals surface area contributed by atoms with Crippen molar-refractivity contribution in [3.8, 4) is 0 Å². The Kier molecular flexibility index (Phi) is 8.74. The van der Waals surface area contributed by atoms with Gasteiger partial charge in [0.15, 0.2) is 12.1 Å². The van der Waals surface area contributed by atoms with Gasteiger partial charge in [0.25, 0.3) is 17.7 Å². The number of anilines is 1. The van der Waals surface area contributed by atoms with Gasteiger partial charge < -0.3 is 0 Å². The zero-order valence-electron chi connectivity index (χ0n) is 24.1. The van der Waals surface area contributed by atoms with E-state index in [9.17, 15) is 14.4 Å². The maximum absolute atomic E-state index is 14.2. The maximum atomic E-state index is 14.2. The molecular formula is C32H22Cl6N6O3. The lowest BCUT2D eigenvalue weighted by molar-refractivity contribution is -0.136. The molecule has 1 saturated carbocycles. The maximum Gasteiger partial charge on any atom is 0.264 e. The summed E-state index contributed by atoms with van der Waals surface area (Å²) in [7, 11) is 0. The van der Waals surface area contributed by atoms with E-state index in [-0.39, 0.29) is 23.2 Å². The monoisotopic (exact) mass is 748 g/mol. The molecule has 0 N–H and O–H groups in total. The molecule has 0 bridgehead atoms. The Bertz CT molecular complexity index is 1950. The molecule has 2 fully saturated rings. The Morgan fingerprint density at radius 1 is 0.830 bits per heavy atom. The first-order valence-corrected chi connectivity index (χ1v) is 16.8. The van der Waals surface area contributed by atoms with Crippen LogP contribution in [0, 0.1) is 5.92 Å². The highest BCUT2D eigenvalue weighted by molar-refractivity contribution is 6.39. The number of imide groups is 1. The van der Waals surface area contributed by atoms with Crippen LogP contribution in [0.3, 0.4) is 0 Å². The van der Waals surface area contributed by atoms with Crippen LogP contribution >= 0.6 is 69.6 Å². The number of halogens is 6. The summed E-state index contributed by atoms with van der Waals surface area (Å²) in [5.41, 5.74) is 3.30. The molecule has 240 valence electrons. The summed E-state index contributed by atoms with van der Waals surface area (Å²) >= 11 is 37.9. The molecule has 4 atom stereocenters. The fraction of sp³-hybridized carbons (Fsp3) is 0.250. The summed E-state index contributed by atoms with van der Waals surface area (Å²) < 4.78 is 0. The van der Waals surface area contributed by atoms with E-state index in [4.69, 9.17) is 74.7 Å². The molecule has 3 aromatic carbocycles. The standard InChI is InChI=1S/C32H22Cl6N6O3/c33-17-5-4-15(22(36)11-17)10-16-2-1-3-21-27(16)40-44(29(21)20-8-6-18(34)12-23(20)37)26(45)14-42-30-28(39-41-42)31(46)43(32(30)47)25-9-7-19(35)13-24(25)38/h4-13,21,28-30H,1-3,14H2/b16-10+. The molecule has 4 unspecified atom stereocenters. The molecule has 0 spiro atoms. The molecule has 3 amide bonds. The number of fused-ring (bicyclic) bond motifs is 2. The Morgan fingerprint density at radius 2 is 1.51 bits per heavy atom. The highest BCUT2D eigenvalue weighted by Crippen LogP contribution is 2.47. The van der Waals surface area contributed by atoms with Gasteiger partial charge in [-0.05, 0) is 84.5 Å². The van der Waals surface area contributed by atoms with Crippen molar-refractivity contribution in [3.63, 3.8) is 0 Å². The molecule has 3 aliphatic heterocycles. The summed E-state index contributed by atoms with van der Waals surface area (Å²) in [6.45, 7) is -0.376. The smallest absolute Gasteiger partial charge is 0.264 e. The number of hydrogen-bond donors (Lipinski definition) is 0. The van der Waals surface area contributed by atoms with Gasteiger partial charge in [0, 0.05) is 31.0 Å². The molecular weight excluding hydrogens is 729 g/mol. The molecule has 1 saturated heterocycles. The van der Waals surface area contributed by atoms with Gasteiger partial charge in [-0.15, -0.1) is 0 Å². The van der Waals surface area contributed by atoms with Crippen LogP contribution in [0.15, 0.2) is 75.6 Å². The largest absolute Gasteiger partial charge is 0.271 e. The SMILES string of the molecule is O=C1C2N=NN(CC(=O)N3N=C4/C(=C/c5ccc(Cl)cc5Cl)CCCC4C3c3ccc(Cl)cc3Cl)C2C(=O)N1c1ccc(Cl)cc1Cl. The van der Waals surface area contributed by atoms with Crippen LogP contribution in [0.1, 0.15) is 36.4 Å². The second-order valence-electron chi connectivity index (χ2n) is 11.5. The molecule has 47 heavy (non-hydrogen) atoms. The average molecular weight is 751 g/mol. The lowest BCUT2D eigenvalue weighted by atomic mass is 9.77. The predicted molar refractivity (Wildman–Crippen MR) is 183 cm³/mol. The number of hydrogen-bond acceptors (Lipinski definition) is 7. The summed E-state index contributed by atoms with van der Waals surface area (Å²) in [4.78, 5) is 42.1. The number of carbonyl (C=O) groups excluding carboxylic acids is 3. The van der Waals surface area contributed by atoms with E-state index in [1.54, 1.807) is 30.3 Å². The Labute approximate surface area is 299 Å². The van der Waals surface area contributed by atoms with Crippen LogP contribution in [-0.4, -0.2) is 52.1 Å². The molecule has 1 aliphatic carbocycles. The fourth-order valence-electron chi connectivity index (χ4n) is 6.53. The molecule has 3 heterocycles. The van der Waals surface area contributed by atoms with Crippen LogP contribution in [-0.2, 0) is 14.4 Å². The van der Waals surface area contributed by atoms with E-state index in [0.29, 0.717) is 30.7 Å². The number of amides is 3. The summed E-state index contributed by atoms with van der Waals surface area (Å²) in [5.74, 6) is -1.86. The summed E-state index contributed by atoms with van der Waals surface area (Å²) in [6.07, 6.45) is 4.28. The summed E-state index contributed by atoms with van der Waals surface area (Å²) in [5, 5.41) is 18.0. The first-order chi connectivity index (χ1) is 22.5. The van der Waals surface area contributed by atoms with E-state index in [2.05, 4.69) is 10.3 Å². The summed E-state index contributed by atoms with van der Waals surface area (Å²) in [6, 6.07) is 12.0. The zero-order chi connectivity index (χ0) is 33.1. The van der Waals surface area contributed by atoms with E-state index in [0.717, 1.165) is 41.0 Å². The van der Waals surface area contributed by atoms with E-state index in [1.807, 2.05) is 12.1 Å². The van der Waals surface area contributed by atoms with Crippen molar-refractivity contribution in [2.75, 3.05) is 11.4 Å². The molecule has 15 heteroatoms. The van der Waals surface area contributed by atoms with Gasteiger partial charge in [-0.3, -0.25) is 19.4 Å². The van der Waals surface area contributed by atoms with Crippen LogP contribution in [0.4, 0.5) is 5.69 Å². The highest BCUT2D eigenvalue weighted by atomic mass is 35.5. The number of rotatable bonds is 5. The number of carbonyl (C=O) groups is 3. The van der Waals surface area contributed by atoms with E-state index in [1.165, 1.54) is 28.2 Å². The number of hydrazone groups is 1. The van der Waals surface area contributed by atoms with Crippen molar-refractivity contribution in [2.45, 2.75) is 37.4 Å². The van der Waals surface area contributed by atoms with Crippen LogP contribution < -0.4 is 4.90 Å². The molecule has 4 aliphatic rings. The molecule has 0 aromatic heterocycles. The van der Waals surface area contributed by atoms with Crippen molar-refractivity contribution >= 4 is 105 Å². The van der Waals surface area contributed by atoms with Crippen LogP contribution in [0.5, 0.6) is 0 Å². The van der Waals surface area contributed by atoms with Crippen LogP contribution in [0.25, 0.3) is 6.08 Å². The second-order valence-corrected chi connectivity index (χ2v) is 14.0. The third-order valence-electron chi connectivity index (χ3n) is 8.64.